The predicted octanol–water partition coefficient (Wildman–Crippen LogP) is 2.70. The van der Waals surface area contributed by atoms with Crippen LogP contribution in [-0.4, -0.2) is 36.9 Å². The van der Waals surface area contributed by atoms with Crippen molar-refractivity contribution in [2.24, 2.45) is 5.92 Å². The fourth-order valence-corrected chi connectivity index (χ4v) is 2.54. The Labute approximate surface area is 131 Å². The number of ether oxygens (including phenoxy) is 1. The van der Waals surface area contributed by atoms with Crippen LogP contribution >= 0.6 is 15.9 Å². The lowest BCUT2D eigenvalue weighted by Gasteiger charge is -2.22. The maximum atomic E-state index is 11.8. The van der Waals surface area contributed by atoms with E-state index in [0.29, 0.717) is 23.5 Å². The fraction of sp³-hybridized carbons (Fsp3) is 0.429. The first-order chi connectivity index (χ1) is 10.1. The van der Waals surface area contributed by atoms with E-state index in [1.54, 1.807) is 12.1 Å². The summed E-state index contributed by atoms with van der Waals surface area (Å²) in [5, 5.41) is 14.4. The lowest BCUT2D eigenvalue weighted by atomic mass is 10.0. The number of carbonyl (C=O) groups excluding carboxylic acids is 1. The summed E-state index contributed by atoms with van der Waals surface area (Å²) in [6.45, 7) is 1.95. The van der Waals surface area contributed by atoms with Gasteiger partial charge in [0, 0.05) is 17.6 Å². The van der Waals surface area contributed by atoms with Crippen LogP contribution in [0.5, 0.6) is 0 Å². The van der Waals surface area contributed by atoms with Gasteiger partial charge >= 0.3 is 12.0 Å². The molecule has 0 aromatic heterocycles. The highest BCUT2D eigenvalue weighted by atomic mass is 79.9. The molecule has 7 heteroatoms. The minimum atomic E-state index is -1.09. The Morgan fingerprint density at radius 2 is 2.24 bits per heavy atom. The Kier molecular flexibility index (Phi) is 5.58. The number of carboxylic acids is 1. The highest BCUT2D eigenvalue weighted by Crippen LogP contribution is 2.21. The number of halogens is 1. The molecule has 1 unspecified atom stereocenters. The zero-order valence-corrected chi connectivity index (χ0v) is 13.0. The SMILES string of the molecule is O=C(NCC1CCCOC1)Nc1ccc(Br)cc1C(=O)O. The van der Waals surface area contributed by atoms with Gasteiger partial charge in [0.1, 0.15) is 0 Å². The third-order valence-electron chi connectivity index (χ3n) is 3.27. The maximum Gasteiger partial charge on any atom is 0.337 e. The fourth-order valence-electron chi connectivity index (χ4n) is 2.17. The van der Waals surface area contributed by atoms with Crippen molar-refractivity contribution in [1.82, 2.24) is 5.32 Å². The zero-order chi connectivity index (χ0) is 15.2. The van der Waals surface area contributed by atoms with Crippen molar-refractivity contribution in [2.45, 2.75) is 12.8 Å². The van der Waals surface area contributed by atoms with E-state index in [9.17, 15) is 9.59 Å². The summed E-state index contributed by atoms with van der Waals surface area (Å²) in [6.07, 6.45) is 2.03. The Hall–Kier alpha value is -1.60. The van der Waals surface area contributed by atoms with Gasteiger partial charge in [0.25, 0.3) is 0 Å². The van der Waals surface area contributed by atoms with Crippen molar-refractivity contribution in [3.05, 3.63) is 28.2 Å². The highest BCUT2D eigenvalue weighted by molar-refractivity contribution is 9.10. The number of hydrogen-bond donors (Lipinski definition) is 3. The molecule has 0 aliphatic carbocycles. The third-order valence-corrected chi connectivity index (χ3v) is 3.76. The second-order valence-corrected chi connectivity index (χ2v) is 5.83. The molecular weight excluding hydrogens is 340 g/mol. The van der Waals surface area contributed by atoms with Gasteiger partial charge in [-0.15, -0.1) is 0 Å². The molecule has 2 amide bonds. The molecule has 1 aliphatic rings. The molecular formula is C14H17BrN2O4. The van der Waals surface area contributed by atoms with Gasteiger partial charge in [0.15, 0.2) is 0 Å². The number of amides is 2. The highest BCUT2D eigenvalue weighted by Gasteiger charge is 2.16. The summed E-state index contributed by atoms with van der Waals surface area (Å²) < 4.78 is 5.99. The number of anilines is 1. The summed E-state index contributed by atoms with van der Waals surface area (Å²) in [4.78, 5) is 23.0. The summed E-state index contributed by atoms with van der Waals surface area (Å²) in [5.41, 5.74) is 0.309. The van der Waals surface area contributed by atoms with E-state index in [-0.39, 0.29) is 11.3 Å². The standard InChI is InChI=1S/C14H17BrN2O4/c15-10-3-4-12(11(6-10)13(18)19)17-14(20)16-7-9-2-1-5-21-8-9/h3-4,6,9H,1-2,5,7-8H2,(H,18,19)(H2,16,17,20). The van der Waals surface area contributed by atoms with Gasteiger partial charge in [-0.05, 0) is 37.0 Å². The van der Waals surface area contributed by atoms with E-state index >= 15 is 0 Å². The van der Waals surface area contributed by atoms with E-state index in [0.717, 1.165) is 19.4 Å². The molecule has 3 N–H and O–H groups in total. The summed E-state index contributed by atoms with van der Waals surface area (Å²) in [6, 6.07) is 4.27. The van der Waals surface area contributed by atoms with Crippen LogP contribution in [-0.2, 0) is 4.74 Å². The van der Waals surface area contributed by atoms with Crippen LogP contribution < -0.4 is 10.6 Å². The Morgan fingerprint density at radius 3 is 2.90 bits per heavy atom. The monoisotopic (exact) mass is 356 g/mol. The van der Waals surface area contributed by atoms with Crippen LogP contribution in [0.3, 0.4) is 0 Å². The van der Waals surface area contributed by atoms with Crippen LogP contribution in [0, 0.1) is 5.92 Å². The Balaban J connectivity index is 1.91. The number of carbonyl (C=O) groups is 2. The van der Waals surface area contributed by atoms with E-state index < -0.39 is 12.0 Å². The van der Waals surface area contributed by atoms with Crippen molar-refractivity contribution < 1.29 is 19.4 Å². The van der Waals surface area contributed by atoms with Gasteiger partial charge in [-0.2, -0.15) is 0 Å². The van der Waals surface area contributed by atoms with E-state index in [2.05, 4.69) is 26.6 Å². The van der Waals surface area contributed by atoms with Gasteiger partial charge < -0.3 is 20.5 Å². The molecule has 1 fully saturated rings. The quantitative estimate of drug-likeness (QED) is 0.773. The Bertz CT molecular complexity index is 530. The molecule has 1 atom stereocenters. The average molecular weight is 357 g/mol. The minimum Gasteiger partial charge on any atom is -0.478 e. The molecule has 1 aromatic rings. The van der Waals surface area contributed by atoms with Crippen molar-refractivity contribution >= 4 is 33.6 Å². The molecule has 1 heterocycles. The second kappa shape index (κ2) is 7.42. The molecule has 21 heavy (non-hydrogen) atoms. The number of benzene rings is 1. The number of nitrogens with one attached hydrogen (secondary N) is 2. The first-order valence-corrected chi connectivity index (χ1v) is 7.51. The number of hydrogen-bond acceptors (Lipinski definition) is 3. The third kappa shape index (κ3) is 4.71. The smallest absolute Gasteiger partial charge is 0.337 e. The molecule has 0 bridgehead atoms. The van der Waals surface area contributed by atoms with Crippen LogP contribution in [0.2, 0.25) is 0 Å². The first kappa shape index (κ1) is 15.8. The van der Waals surface area contributed by atoms with Crippen LogP contribution in [0.25, 0.3) is 0 Å². The van der Waals surface area contributed by atoms with Gasteiger partial charge in [-0.3, -0.25) is 0 Å². The average Bonchev–Trinajstić information content (AvgIpc) is 2.48. The van der Waals surface area contributed by atoms with Gasteiger partial charge in [0.05, 0.1) is 17.9 Å². The zero-order valence-electron chi connectivity index (χ0n) is 11.4. The molecule has 1 aromatic carbocycles. The minimum absolute atomic E-state index is 0.0422. The summed E-state index contributed by atoms with van der Waals surface area (Å²) in [5.74, 6) is -0.777. The first-order valence-electron chi connectivity index (χ1n) is 6.71. The summed E-state index contributed by atoms with van der Waals surface area (Å²) >= 11 is 3.21. The Morgan fingerprint density at radius 1 is 1.43 bits per heavy atom. The molecule has 1 aliphatic heterocycles. The number of rotatable bonds is 4. The van der Waals surface area contributed by atoms with Crippen LogP contribution in [0.1, 0.15) is 23.2 Å². The van der Waals surface area contributed by atoms with Gasteiger partial charge in [-0.25, -0.2) is 9.59 Å². The molecule has 0 radical (unpaired) electrons. The van der Waals surface area contributed by atoms with Gasteiger partial charge in [0.2, 0.25) is 0 Å². The molecule has 0 spiro atoms. The molecule has 6 nitrogen and oxygen atoms in total. The van der Waals surface area contributed by atoms with Crippen LogP contribution in [0.15, 0.2) is 22.7 Å². The van der Waals surface area contributed by atoms with Crippen molar-refractivity contribution in [3.8, 4) is 0 Å². The van der Waals surface area contributed by atoms with Crippen LogP contribution in [0.4, 0.5) is 10.5 Å². The number of urea groups is 1. The summed E-state index contributed by atoms with van der Waals surface area (Å²) in [7, 11) is 0. The van der Waals surface area contributed by atoms with Gasteiger partial charge in [-0.1, -0.05) is 15.9 Å². The van der Waals surface area contributed by atoms with E-state index in [4.69, 9.17) is 9.84 Å². The molecule has 1 saturated heterocycles. The number of aromatic carboxylic acids is 1. The van der Waals surface area contributed by atoms with Crippen molar-refractivity contribution in [3.63, 3.8) is 0 Å². The number of carboxylic acid groups (broad SMARTS) is 1. The molecule has 2 rings (SSSR count). The second-order valence-electron chi connectivity index (χ2n) is 4.91. The lowest BCUT2D eigenvalue weighted by molar-refractivity contribution is 0.0559. The topological polar surface area (TPSA) is 87.7 Å². The van der Waals surface area contributed by atoms with Crippen molar-refractivity contribution in [2.75, 3.05) is 25.1 Å². The predicted molar refractivity (Wildman–Crippen MR) is 81.7 cm³/mol. The normalized spacial score (nSPS) is 18.0. The largest absolute Gasteiger partial charge is 0.478 e. The molecule has 114 valence electrons. The maximum absolute atomic E-state index is 11.8. The van der Waals surface area contributed by atoms with E-state index in [1.807, 2.05) is 0 Å². The lowest BCUT2D eigenvalue weighted by Crippen LogP contribution is -2.36. The molecule has 0 saturated carbocycles. The van der Waals surface area contributed by atoms with E-state index in [1.165, 1.54) is 6.07 Å². The van der Waals surface area contributed by atoms with Crippen molar-refractivity contribution in [1.29, 1.82) is 0 Å².